The highest BCUT2D eigenvalue weighted by Gasteiger charge is 2.23. The van der Waals surface area contributed by atoms with Crippen LogP contribution in [-0.2, 0) is 10.0 Å². The first kappa shape index (κ1) is 24.2. The lowest BCUT2D eigenvalue weighted by Crippen LogP contribution is -2.32. The molecule has 34 heavy (non-hydrogen) atoms. The van der Waals surface area contributed by atoms with E-state index in [-0.39, 0.29) is 0 Å². The Kier molecular flexibility index (Phi) is 7.48. The second-order valence-corrected chi connectivity index (χ2v) is 10.9. The predicted molar refractivity (Wildman–Crippen MR) is 140 cm³/mol. The number of anilines is 2. The molecule has 7 nitrogen and oxygen atoms in total. The summed E-state index contributed by atoms with van der Waals surface area (Å²) in [6, 6.07) is 14.8. The molecule has 1 aliphatic rings. The van der Waals surface area contributed by atoms with E-state index < -0.39 is 10.0 Å². The Labute approximate surface area is 202 Å². The molecule has 0 amide bonds. The van der Waals surface area contributed by atoms with Gasteiger partial charge < -0.3 is 10.2 Å². The normalized spacial score (nSPS) is 18.5. The maximum atomic E-state index is 12.6. The van der Waals surface area contributed by atoms with Crippen molar-refractivity contribution in [3.63, 3.8) is 0 Å². The van der Waals surface area contributed by atoms with Gasteiger partial charge in [0.05, 0.1) is 10.4 Å². The molecule has 1 heterocycles. The van der Waals surface area contributed by atoms with Crippen LogP contribution in [0.3, 0.4) is 0 Å². The summed E-state index contributed by atoms with van der Waals surface area (Å²) in [5.74, 6) is 2.44. The van der Waals surface area contributed by atoms with E-state index in [1.54, 1.807) is 30.3 Å². The Bertz CT molecular complexity index is 1230. The van der Waals surface area contributed by atoms with Gasteiger partial charge >= 0.3 is 0 Å². The van der Waals surface area contributed by atoms with Crippen molar-refractivity contribution in [2.24, 2.45) is 11.8 Å². The molecule has 4 rings (SSSR count). The number of fused-ring (bicyclic) bond motifs is 1. The fourth-order valence-electron chi connectivity index (χ4n) is 4.45. The van der Waals surface area contributed by atoms with Crippen LogP contribution >= 0.6 is 0 Å². The maximum Gasteiger partial charge on any atom is 0.240 e. The van der Waals surface area contributed by atoms with Crippen LogP contribution in [0.25, 0.3) is 17.0 Å². The zero-order valence-corrected chi connectivity index (χ0v) is 20.7. The molecular weight excluding hydrogens is 446 g/mol. The summed E-state index contributed by atoms with van der Waals surface area (Å²) < 4.78 is 28.0. The number of rotatable bonds is 9. The molecule has 1 aliphatic carbocycles. The smallest absolute Gasteiger partial charge is 0.240 e. The van der Waals surface area contributed by atoms with E-state index in [1.807, 2.05) is 43.3 Å². The van der Waals surface area contributed by atoms with Crippen molar-refractivity contribution in [2.75, 3.05) is 37.4 Å². The Morgan fingerprint density at radius 1 is 0.971 bits per heavy atom. The zero-order chi connectivity index (χ0) is 24.1. The van der Waals surface area contributed by atoms with E-state index in [1.165, 1.54) is 0 Å². The summed E-state index contributed by atoms with van der Waals surface area (Å²) in [5, 5.41) is 4.48. The van der Waals surface area contributed by atoms with Crippen molar-refractivity contribution in [1.29, 1.82) is 0 Å². The molecule has 180 valence electrons. The van der Waals surface area contributed by atoms with Gasteiger partial charge in [-0.2, -0.15) is 4.98 Å². The number of para-hydroxylation sites is 1. The van der Waals surface area contributed by atoms with Crippen molar-refractivity contribution < 1.29 is 8.42 Å². The van der Waals surface area contributed by atoms with Crippen LogP contribution in [0.2, 0.25) is 0 Å². The first-order valence-electron chi connectivity index (χ1n) is 11.8. The van der Waals surface area contributed by atoms with E-state index in [0.29, 0.717) is 29.2 Å². The highest BCUT2D eigenvalue weighted by Crippen LogP contribution is 2.29. The van der Waals surface area contributed by atoms with Crippen LogP contribution < -0.4 is 14.9 Å². The van der Waals surface area contributed by atoms with Gasteiger partial charge in [-0.3, -0.25) is 0 Å². The maximum absolute atomic E-state index is 12.6. The minimum absolute atomic E-state index is 0.295. The molecule has 0 radical (unpaired) electrons. The molecule has 2 N–H and O–H groups in total. The molecule has 0 unspecified atom stereocenters. The van der Waals surface area contributed by atoms with Gasteiger partial charge in [-0.15, -0.1) is 0 Å². The second-order valence-electron chi connectivity index (χ2n) is 9.18. The lowest BCUT2D eigenvalue weighted by Gasteiger charge is -2.28. The molecular formula is C26H33N5O2S. The number of hydrogen-bond acceptors (Lipinski definition) is 6. The number of sulfonamides is 1. The Morgan fingerprint density at radius 3 is 2.26 bits per heavy atom. The highest BCUT2D eigenvalue weighted by molar-refractivity contribution is 7.89. The van der Waals surface area contributed by atoms with Crippen LogP contribution in [0.4, 0.5) is 11.8 Å². The first-order valence-corrected chi connectivity index (χ1v) is 13.2. The van der Waals surface area contributed by atoms with Crippen LogP contribution in [0.1, 0.15) is 31.2 Å². The summed E-state index contributed by atoms with van der Waals surface area (Å²) in [4.78, 5) is 11.7. The predicted octanol–water partition coefficient (Wildman–Crippen LogP) is 4.54. The van der Waals surface area contributed by atoms with Crippen molar-refractivity contribution in [1.82, 2.24) is 14.7 Å². The van der Waals surface area contributed by atoms with Gasteiger partial charge in [0.15, 0.2) is 0 Å². The Balaban J connectivity index is 1.28. The van der Waals surface area contributed by atoms with E-state index in [2.05, 4.69) is 21.6 Å². The molecule has 0 spiro atoms. The van der Waals surface area contributed by atoms with Gasteiger partial charge in [0.2, 0.25) is 16.0 Å². The molecule has 3 aromatic rings. The summed E-state index contributed by atoms with van der Waals surface area (Å²) >= 11 is 0. The van der Waals surface area contributed by atoms with E-state index >= 15 is 0 Å². The lowest BCUT2D eigenvalue weighted by atomic mass is 9.82. The molecule has 1 aromatic heterocycles. The molecule has 0 saturated heterocycles. The third-order valence-corrected chi connectivity index (χ3v) is 7.95. The molecule has 8 heteroatoms. The van der Waals surface area contributed by atoms with Gasteiger partial charge in [0.1, 0.15) is 5.82 Å². The lowest BCUT2D eigenvalue weighted by molar-refractivity contribution is 0.284. The van der Waals surface area contributed by atoms with Crippen LogP contribution in [0.15, 0.2) is 60.0 Å². The summed E-state index contributed by atoms with van der Waals surface area (Å²) in [5.41, 5.74) is 1.83. The monoisotopic (exact) mass is 479 g/mol. The molecule has 0 atom stereocenters. The third kappa shape index (κ3) is 5.74. The fourth-order valence-corrected chi connectivity index (χ4v) is 5.57. The van der Waals surface area contributed by atoms with E-state index in [9.17, 15) is 8.42 Å². The van der Waals surface area contributed by atoms with Crippen molar-refractivity contribution in [3.8, 4) is 0 Å². The van der Waals surface area contributed by atoms with Gasteiger partial charge in [0, 0.05) is 32.6 Å². The summed E-state index contributed by atoms with van der Waals surface area (Å²) in [7, 11) is 0.490. The average molecular weight is 480 g/mol. The number of aromatic nitrogens is 2. The molecule has 2 aromatic carbocycles. The van der Waals surface area contributed by atoms with Crippen LogP contribution in [0.5, 0.6) is 0 Å². The van der Waals surface area contributed by atoms with Gasteiger partial charge in [-0.25, -0.2) is 18.1 Å². The molecule has 1 saturated carbocycles. The third-order valence-electron chi connectivity index (χ3n) is 6.51. The number of nitrogens with one attached hydrogen (secondary N) is 2. The number of benzene rings is 2. The standard InChI is InChI=1S/C26H33N5O2S/c1-4-19-13-15-22(16-14-19)34(32,33)28-18-21-11-9-20(10-12-21)17-27-26-29-24-8-6-5-7-23(24)25(30-26)31(2)3/h4-8,13-16,20-21,28H,1,9-12,17-18H2,2-3H3,(H,27,29,30). The fraction of sp³-hybridized carbons (Fsp3) is 0.385. The van der Waals surface area contributed by atoms with Gasteiger partial charge in [-0.05, 0) is 67.3 Å². The number of hydrogen-bond donors (Lipinski definition) is 2. The largest absolute Gasteiger partial charge is 0.362 e. The van der Waals surface area contributed by atoms with E-state index in [4.69, 9.17) is 4.98 Å². The quantitative estimate of drug-likeness (QED) is 0.469. The minimum atomic E-state index is -3.49. The summed E-state index contributed by atoms with van der Waals surface area (Å²) in [6.45, 7) is 5.00. The zero-order valence-electron chi connectivity index (χ0n) is 19.9. The van der Waals surface area contributed by atoms with Crippen molar-refractivity contribution >= 4 is 38.8 Å². The SMILES string of the molecule is C=Cc1ccc(S(=O)(=O)NCC2CCC(CNc3nc(N(C)C)c4ccccc4n3)CC2)cc1. The molecule has 0 aliphatic heterocycles. The Morgan fingerprint density at radius 2 is 1.62 bits per heavy atom. The van der Waals surface area contributed by atoms with Crippen LogP contribution in [-0.4, -0.2) is 45.6 Å². The van der Waals surface area contributed by atoms with Gasteiger partial charge in [0.25, 0.3) is 0 Å². The Hall–Kier alpha value is -2.97. The molecule has 1 fully saturated rings. The highest BCUT2D eigenvalue weighted by atomic mass is 32.2. The molecule has 0 bridgehead atoms. The van der Waals surface area contributed by atoms with Crippen LogP contribution in [0, 0.1) is 11.8 Å². The second kappa shape index (κ2) is 10.5. The van der Waals surface area contributed by atoms with E-state index in [0.717, 1.165) is 54.5 Å². The van der Waals surface area contributed by atoms with Gasteiger partial charge in [-0.1, -0.05) is 36.9 Å². The topological polar surface area (TPSA) is 87.2 Å². The van der Waals surface area contributed by atoms with Crippen molar-refractivity contribution in [3.05, 3.63) is 60.7 Å². The first-order chi connectivity index (χ1) is 16.4. The summed E-state index contributed by atoms with van der Waals surface area (Å²) in [6.07, 6.45) is 5.82. The average Bonchev–Trinajstić information content (AvgIpc) is 2.86. The minimum Gasteiger partial charge on any atom is -0.362 e. The number of nitrogens with zero attached hydrogens (tertiary/aromatic N) is 3. The van der Waals surface area contributed by atoms with Crippen molar-refractivity contribution in [2.45, 2.75) is 30.6 Å².